The van der Waals surface area contributed by atoms with Crippen molar-refractivity contribution in [1.82, 2.24) is 5.32 Å². The summed E-state index contributed by atoms with van der Waals surface area (Å²) in [5, 5.41) is 2.46. The largest absolute Gasteiger partial charge is 0.495 e. The van der Waals surface area contributed by atoms with Gasteiger partial charge >= 0.3 is 5.97 Å². The molecule has 2 N–H and O–H groups in total. The molecular formula is C18H20N2O6S. The van der Waals surface area contributed by atoms with E-state index < -0.39 is 16.0 Å². The second-order valence-corrected chi connectivity index (χ2v) is 7.25. The lowest BCUT2D eigenvalue weighted by Crippen LogP contribution is -2.19. The number of sulfonamides is 1. The number of anilines is 1. The van der Waals surface area contributed by atoms with Crippen LogP contribution in [-0.4, -0.2) is 41.6 Å². The Morgan fingerprint density at radius 1 is 1.04 bits per heavy atom. The fourth-order valence-corrected chi connectivity index (χ4v) is 3.46. The molecule has 27 heavy (non-hydrogen) atoms. The Morgan fingerprint density at radius 3 is 2.33 bits per heavy atom. The molecule has 0 radical (unpaired) electrons. The second-order valence-electron chi connectivity index (χ2n) is 5.57. The Labute approximate surface area is 157 Å². The third-order valence-corrected chi connectivity index (χ3v) is 5.22. The molecule has 0 aliphatic heterocycles. The topological polar surface area (TPSA) is 111 Å². The van der Waals surface area contributed by atoms with Gasteiger partial charge in [-0.25, -0.2) is 13.2 Å². The maximum absolute atomic E-state index is 12.8. The second kappa shape index (κ2) is 8.09. The minimum atomic E-state index is -4.05. The molecule has 9 heteroatoms. The van der Waals surface area contributed by atoms with Crippen molar-refractivity contribution in [1.29, 1.82) is 0 Å². The van der Waals surface area contributed by atoms with Crippen LogP contribution in [0.3, 0.4) is 0 Å². The fourth-order valence-electron chi connectivity index (χ4n) is 2.38. The molecule has 0 aliphatic carbocycles. The van der Waals surface area contributed by atoms with Crippen LogP contribution in [0.4, 0.5) is 5.69 Å². The van der Waals surface area contributed by atoms with E-state index >= 15 is 0 Å². The van der Waals surface area contributed by atoms with Gasteiger partial charge < -0.3 is 14.8 Å². The van der Waals surface area contributed by atoms with Gasteiger partial charge in [0.05, 0.1) is 30.4 Å². The molecule has 0 fully saturated rings. The minimum Gasteiger partial charge on any atom is -0.495 e. The molecule has 1 amide bonds. The summed E-state index contributed by atoms with van der Waals surface area (Å²) in [5.41, 5.74) is 1.08. The molecule has 0 spiro atoms. The van der Waals surface area contributed by atoms with Gasteiger partial charge in [0.2, 0.25) is 0 Å². The number of rotatable bonds is 6. The highest BCUT2D eigenvalue weighted by atomic mass is 32.2. The molecule has 0 atom stereocenters. The van der Waals surface area contributed by atoms with E-state index in [4.69, 9.17) is 4.74 Å². The smallest absolute Gasteiger partial charge is 0.338 e. The Bertz CT molecular complexity index is 985. The van der Waals surface area contributed by atoms with Gasteiger partial charge in [-0.1, -0.05) is 6.07 Å². The van der Waals surface area contributed by atoms with E-state index in [2.05, 4.69) is 14.8 Å². The van der Waals surface area contributed by atoms with Crippen molar-refractivity contribution in [2.45, 2.75) is 11.8 Å². The quantitative estimate of drug-likeness (QED) is 0.727. The molecule has 0 heterocycles. The molecule has 2 rings (SSSR count). The predicted molar refractivity (Wildman–Crippen MR) is 99.7 cm³/mol. The lowest BCUT2D eigenvalue weighted by Gasteiger charge is -2.14. The molecule has 2 aromatic rings. The van der Waals surface area contributed by atoms with E-state index in [1.54, 1.807) is 6.92 Å². The molecule has 2 aromatic carbocycles. The zero-order valence-corrected chi connectivity index (χ0v) is 16.1. The van der Waals surface area contributed by atoms with Crippen LogP contribution in [0.1, 0.15) is 26.3 Å². The van der Waals surface area contributed by atoms with Gasteiger partial charge in [0.15, 0.2) is 0 Å². The number of hydrogen-bond acceptors (Lipinski definition) is 6. The number of esters is 1. The molecule has 144 valence electrons. The summed E-state index contributed by atoms with van der Waals surface area (Å²) in [6.07, 6.45) is 0. The van der Waals surface area contributed by atoms with Gasteiger partial charge in [0.1, 0.15) is 5.75 Å². The van der Waals surface area contributed by atoms with Crippen molar-refractivity contribution in [2.75, 3.05) is 26.0 Å². The monoisotopic (exact) mass is 392 g/mol. The standard InChI is InChI=1S/C18H20N2O6S/c1-11-5-7-13(10-14(11)18(22)26-4)27(23,24)20-15-9-12(17(21)19-2)6-8-16(15)25-3/h5-10,20H,1-4H3,(H,19,21). The van der Waals surface area contributed by atoms with Gasteiger partial charge in [-0.2, -0.15) is 0 Å². The van der Waals surface area contributed by atoms with E-state index in [-0.39, 0.29) is 33.4 Å². The van der Waals surface area contributed by atoms with Gasteiger partial charge in [0.25, 0.3) is 15.9 Å². The molecule has 0 saturated carbocycles. The third-order valence-electron chi connectivity index (χ3n) is 3.86. The highest BCUT2D eigenvalue weighted by Gasteiger charge is 2.21. The lowest BCUT2D eigenvalue weighted by molar-refractivity contribution is 0.0599. The molecule has 0 saturated heterocycles. The number of nitrogens with one attached hydrogen (secondary N) is 2. The van der Waals surface area contributed by atoms with Crippen LogP contribution < -0.4 is 14.8 Å². The van der Waals surface area contributed by atoms with Crippen LogP contribution in [-0.2, 0) is 14.8 Å². The zero-order valence-electron chi connectivity index (χ0n) is 15.3. The van der Waals surface area contributed by atoms with Crippen LogP contribution in [0, 0.1) is 6.92 Å². The average molecular weight is 392 g/mol. The minimum absolute atomic E-state index is 0.0961. The summed E-state index contributed by atoms with van der Waals surface area (Å²) in [4.78, 5) is 23.5. The number of carbonyl (C=O) groups excluding carboxylic acids is 2. The van der Waals surface area contributed by atoms with Gasteiger partial charge in [0, 0.05) is 12.6 Å². The molecular weight excluding hydrogens is 372 g/mol. The summed E-state index contributed by atoms with van der Waals surface area (Å²) in [5.74, 6) is -0.767. The Kier molecular flexibility index (Phi) is 6.06. The van der Waals surface area contributed by atoms with E-state index in [0.29, 0.717) is 5.56 Å². The summed E-state index contributed by atoms with van der Waals surface area (Å²) in [6, 6.07) is 8.48. The van der Waals surface area contributed by atoms with Crippen LogP contribution in [0.2, 0.25) is 0 Å². The average Bonchev–Trinajstić information content (AvgIpc) is 2.66. The maximum Gasteiger partial charge on any atom is 0.338 e. The number of methoxy groups -OCH3 is 2. The van der Waals surface area contributed by atoms with Crippen LogP contribution >= 0.6 is 0 Å². The van der Waals surface area contributed by atoms with Crippen molar-refractivity contribution in [3.8, 4) is 5.75 Å². The van der Waals surface area contributed by atoms with Crippen LogP contribution in [0.5, 0.6) is 5.75 Å². The maximum atomic E-state index is 12.8. The fraction of sp³-hybridized carbons (Fsp3) is 0.222. The van der Waals surface area contributed by atoms with Crippen molar-refractivity contribution in [3.05, 3.63) is 53.1 Å². The van der Waals surface area contributed by atoms with Crippen LogP contribution in [0.25, 0.3) is 0 Å². The first kappa shape index (κ1) is 20.2. The van der Waals surface area contributed by atoms with Crippen molar-refractivity contribution >= 4 is 27.6 Å². The number of carbonyl (C=O) groups is 2. The number of aryl methyl sites for hydroxylation is 1. The van der Waals surface area contributed by atoms with Crippen LogP contribution in [0.15, 0.2) is 41.3 Å². The third kappa shape index (κ3) is 4.37. The molecule has 8 nitrogen and oxygen atoms in total. The van der Waals surface area contributed by atoms with E-state index in [1.165, 1.54) is 57.7 Å². The highest BCUT2D eigenvalue weighted by Crippen LogP contribution is 2.28. The van der Waals surface area contributed by atoms with Gasteiger partial charge in [-0.05, 0) is 42.8 Å². The SMILES string of the molecule is CNC(=O)c1ccc(OC)c(NS(=O)(=O)c2ccc(C)c(C(=O)OC)c2)c1. The zero-order chi connectivity index (χ0) is 20.2. The van der Waals surface area contributed by atoms with Gasteiger partial charge in [-0.15, -0.1) is 0 Å². The first-order valence-electron chi connectivity index (χ1n) is 7.85. The van der Waals surface area contributed by atoms with Crippen molar-refractivity contribution in [3.63, 3.8) is 0 Å². The van der Waals surface area contributed by atoms with E-state index in [9.17, 15) is 18.0 Å². The molecule has 0 bridgehead atoms. The Morgan fingerprint density at radius 2 is 1.74 bits per heavy atom. The number of benzene rings is 2. The number of hydrogen-bond donors (Lipinski definition) is 2. The molecule has 0 aromatic heterocycles. The first-order chi connectivity index (χ1) is 12.7. The summed E-state index contributed by atoms with van der Waals surface area (Å²) < 4.78 is 37.8. The Balaban J connectivity index is 2.47. The van der Waals surface area contributed by atoms with E-state index in [0.717, 1.165) is 0 Å². The van der Waals surface area contributed by atoms with E-state index in [1.807, 2.05) is 0 Å². The van der Waals surface area contributed by atoms with Crippen molar-refractivity contribution < 1.29 is 27.5 Å². The number of amides is 1. The highest BCUT2D eigenvalue weighted by molar-refractivity contribution is 7.92. The van der Waals surface area contributed by atoms with Gasteiger partial charge in [-0.3, -0.25) is 9.52 Å². The summed E-state index contributed by atoms with van der Waals surface area (Å²) in [6.45, 7) is 1.67. The summed E-state index contributed by atoms with van der Waals surface area (Å²) in [7, 11) is 0.0252. The normalized spacial score (nSPS) is 10.8. The summed E-state index contributed by atoms with van der Waals surface area (Å²) >= 11 is 0. The molecule has 0 aliphatic rings. The number of ether oxygens (including phenoxy) is 2. The first-order valence-corrected chi connectivity index (χ1v) is 9.33. The lowest BCUT2D eigenvalue weighted by atomic mass is 10.1. The van der Waals surface area contributed by atoms with Crippen molar-refractivity contribution in [2.24, 2.45) is 0 Å². The molecule has 0 unspecified atom stereocenters. The Hall–Kier alpha value is -3.07. The predicted octanol–water partition coefficient (Wildman–Crippen LogP) is 1.95.